The average Bonchev–Trinajstić information content (AvgIpc) is 2.94. The Bertz CT molecular complexity index is 721. The Morgan fingerprint density at radius 1 is 1.07 bits per heavy atom. The number of ether oxygens (including phenoxy) is 1. The summed E-state index contributed by atoms with van der Waals surface area (Å²) in [5, 5.41) is 0. The van der Waals surface area contributed by atoms with Crippen LogP contribution in [-0.2, 0) is 11.3 Å². The van der Waals surface area contributed by atoms with E-state index in [9.17, 15) is 4.79 Å². The van der Waals surface area contributed by atoms with Crippen LogP contribution in [0.25, 0.3) is 0 Å². The van der Waals surface area contributed by atoms with Crippen molar-refractivity contribution in [2.75, 3.05) is 39.3 Å². The minimum Gasteiger partial charge on any atom is -0.377 e. The Hall–Kier alpha value is -2.24. The number of hydrogen-bond donors (Lipinski definition) is 0. The lowest BCUT2D eigenvalue weighted by molar-refractivity contribution is 0.0752. The van der Waals surface area contributed by atoms with Gasteiger partial charge in [-0.2, -0.15) is 0 Å². The molecule has 0 spiro atoms. The summed E-state index contributed by atoms with van der Waals surface area (Å²) in [6.07, 6.45) is 3.71. The number of pyridine rings is 1. The quantitative estimate of drug-likeness (QED) is 0.706. The van der Waals surface area contributed by atoms with Crippen molar-refractivity contribution in [3.05, 3.63) is 65.5 Å². The molecule has 0 saturated carbocycles. The predicted octanol–water partition coefficient (Wildman–Crippen LogP) is 3.14. The highest BCUT2D eigenvalue weighted by Crippen LogP contribution is 2.11. The van der Waals surface area contributed by atoms with E-state index in [1.54, 1.807) is 6.20 Å². The second-order valence-electron chi connectivity index (χ2n) is 7.05. The molecule has 0 aliphatic carbocycles. The number of carbonyl (C=O) groups excluding carboxylic acids is 1. The second-order valence-corrected chi connectivity index (χ2v) is 7.05. The standard InChI is InChI=1S/C22H29N3O2/c1-19-8-5-11-23-21(19)22(26)25-14-6-12-24(15-16-25)13-7-17-27-18-20-9-3-2-4-10-20/h2-5,8-11H,6-7,12-18H2,1H3. The molecule has 1 fully saturated rings. The van der Waals surface area contributed by atoms with Gasteiger partial charge in [0.25, 0.3) is 5.91 Å². The van der Waals surface area contributed by atoms with E-state index in [2.05, 4.69) is 22.0 Å². The lowest BCUT2D eigenvalue weighted by Gasteiger charge is -2.22. The average molecular weight is 367 g/mol. The lowest BCUT2D eigenvalue weighted by atomic mass is 10.2. The van der Waals surface area contributed by atoms with Gasteiger partial charge in [0, 0.05) is 39.0 Å². The molecule has 5 heteroatoms. The molecule has 1 aliphatic heterocycles. The fourth-order valence-electron chi connectivity index (χ4n) is 3.41. The summed E-state index contributed by atoms with van der Waals surface area (Å²) >= 11 is 0. The van der Waals surface area contributed by atoms with Gasteiger partial charge in [0.05, 0.1) is 6.61 Å². The fraction of sp³-hybridized carbons (Fsp3) is 0.455. The van der Waals surface area contributed by atoms with Crippen LogP contribution in [0, 0.1) is 6.92 Å². The number of rotatable bonds is 7. The first-order valence-electron chi connectivity index (χ1n) is 9.79. The van der Waals surface area contributed by atoms with Gasteiger partial charge in [-0.25, -0.2) is 0 Å². The Labute approximate surface area is 162 Å². The zero-order valence-electron chi connectivity index (χ0n) is 16.1. The topological polar surface area (TPSA) is 45.7 Å². The number of nitrogens with zero attached hydrogens (tertiary/aromatic N) is 3. The third-order valence-electron chi connectivity index (χ3n) is 4.96. The number of benzene rings is 1. The normalized spacial score (nSPS) is 15.5. The molecule has 0 N–H and O–H groups in total. The molecule has 144 valence electrons. The number of hydrogen-bond acceptors (Lipinski definition) is 4. The molecule has 5 nitrogen and oxygen atoms in total. The van der Waals surface area contributed by atoms with Crippen LogP contribution >= 0.6 is 0 Å². The largest absolute Gasteiger partial charge is 0.377 e. The third kappa shape index (κ3) is 5.88. The van der Waals surface area contributed by atoms with E-state index in [0.29, 0.717) is 12.3 Å². The van der Waals surface area contributed by atoms with Gasteiger partial charge >= 0.3 is 0 Å². The first kappa shape index (κ1) is 19.5. The Kier molecular flexibility index (Phi) is 7.36. The molecule has 1 aliphatic rings. The van der Waals surface area contributed by atoms with Gasteiger partial charge in [0.15, 0.2) is 0 Å². The van der Waals surface area contributed by atoms with E-state index in [0.717, 1.165) is 57.7 Å². The highest BCUT2D eigenvalue weighted by Gasteiger charge is 2.22. The van der Waals surface area contributed by atoms with E-state index in [1.807, 2.05) is 42.2 Å². The monoisotopic (exact) mass is 367 g/mol. The highest BCUT2D eigenvalue weighted by molar-refractivity contribution is 5.93. The molecule has 0 radical (unpaired) electrons. The molecule has 1 amide bonds. The van der Waals surface area contributed by atoms with Crippen LogP contribution in [0.5, 0.6) is 0 Å². The lowest BCUT2D eigenvalue weighted by Crippen LogP contribution is -2.36. The van der Waals surface area contributed by atoms with E-state index < -0.39 is 0 Å². The van der Waals surface area contributed by atoms with Crippen LogP contribution in [0.2, 0.25) is 0 Å². The molecular formula is C22H29N3O2. The van der Waals surface area contributed by atoms with Crippen molar-refractivity contribution >= 4 is 5.91 Å². The minimum atomic E-state index is 0.0566. The molecule has 2 heterocycles. The smallest absolute Gasteiger partial charge is 0.272 e. The highest BCUT2D eigenvalue weighted by atomic mass is 16.5. The summed E-state index contributed by atoms with van der Waals surface area (Å²) in [7, 11) is 0. The van der Waals surface area contributed by atoms with E-state index in [4.69, 9.17) is 4.74 Å². The van der Waals surface area contributed by atoms with E-state index in [1.165, 1.54) is 5.56 Å². The van der Waals surface area contributed by atoms with Gasteiger partial charge in [-0.05, 0) is 43.5 Å². The third-order valence-corrected chi connectivity index (χ3v) is 4.96. The maximum atomic E-state index is 12.7. The van der Waals surface area contributed by atoms with Gasteiger partial charge < -0.3 is 14.5 Å². The zero-order valence-corrected chi connectivity index (χ0v) is 16.1. The molecule has 3 rings (SSSR count). The van der Waals surface area contributed by atoms with Gasteiger partial charge in [-0.15, -0.1) is 0 Å². The maximum Gasteiger partial charge on any atom is 0.272 e. The molecule has 0 unspecified atom stereocenters. The molecule has 0 bridgehead atoms. The molecule has 1 aromatic carbocycles. The van der Waals surface area contributed by atoms with Crippen molar-refractivity contribution < 1.29 is 9.53 Å². The SMILES string of the molecule is Cc1cccnc1C(=O)N1CCCN(CCCOCc2ccccc2)CC1. The van der Waals surface area contributed by atoms with Crippen molar-refractivity contribution in [1.82, 2.24) is 14.8 Å². The summed E-state index contributed by atoms with van der Waals surface area (Å²) < 4.78 is 5.77. The summed E-state index contributed by atoms with van der Waals surface area (Å²) in [5.74, 6) is 0.0566. The number of carbonyl (C=O) groups is 1. The van der Waals surface area contributed by atoms with E-state index in [-0.39, 0.29) is 5.91 Å². The maximum absolute atomic E-state index is 12.7. The Morgan fingerprint density at radius 2 is 1.93 bits per heavy atom. The second kappa shape index (κ2) is 10.2. The van der Waals surface area contributed by atoms with Crippen molar-refractivity contribution in [3.63, 3.8) is 0 Å². The summed E-state index contributed by atoms with van der Waals surface area (Å²) in [6, 6.07) is 14.1. The summed E-state index contributed by atoms with van der Waals surface area (Å²) in [6.45, 7) is 7.91. The van der Waals surface area contributed by atoms with Crippen LogP contribution in [0.3, 0.4) is 0 Å². The molecule has 2 aromatic rings. The zero-order chi connectivity index (χ0) is 18.9. The van der Waals surface area contributed by atoms with Crippen LogP contribution in [0.1, 0.15) is 34.5 Å². The molecule has 27 heavy (non-hydrogen) atoms. The van der Waals surface area contributed by atoms with E-state index >= 15 is 0 Å². The first-order valence-corrected chi connectivity index (χ1v) is 9.79. The van der Waals surface area contributed by atoms with Crippen molar-refractivity contribution in [2.45, 2.75) is 26.4 Å². The number of amides is 1. The Balaban J connectivity index is 1.38. The van der Waals surface area contributed by atoms with Crippen molar-refractivity contribution in [1.29, 1.82) is 0 Å². The van der Waals surface area contributed by atoms with Gasteiger partial charge in [0.1, 0.15) is 5.69 Å². The van der Waals surface area contributed by atoms with Crippen LogP contribution < -0.4 is 0 Å². The van der Waals surface area contributed by atoms with Gasteiger partial charge in [0.2, 0.25) is 0 Å². The molecule has 1 aromatic heterocycles. The summed E-state index contributed by atoms with van der Waals surface area (Å²) in [4.78, 5) is 21.4. The molecule has 1 saturated heterocycles. The first-order chi connectivity index (χ1) is 13.2. The predicted molar refractivity (Wildman–Crippen MR) is 107 cm³/mol. The number of aromatic nitrogens is 1. The van der Waals surface area contributed by atoms with Gasteiger partial charge in [-0.3, -0.25) is 9.78 Å². The van der Waals surface area contributed by atoms with Gasteiger partial charge in [-0.1, -0.05) is 36.4 Å². The van der Waals surface area contributed by atoms with Crippen LogP contribution in [-0.4, -0.2) is 60.0 Å². The van der Waals surface area contributed by atoms with Crippen molar-refractivity contribution in [3.8, 4) is 0 Å². The fourth-order valence-corrected chi connectivity index (χ4v) is 3.41. The van der Waals surface area contributed by atoms with Crippen molar-refractivity contribution in [2.24, 2.45) is 0 Å². The molecule has 0 atom stereocenters. The minimum absolute atomic E-state index is 0.0566. The molecular weight excluding hydrogens is 338 g/mol. The summed E-state index contributed by atoms with van der Waals surface area (Å²) in [5.41, 5.74) is 2.74. The van der Waals surface area contributed by atoms with Crippen LogP contribution in [0.4, 0.5) is 0 Å². The Morgan fingerprint density at radius 3 is 2.74 bits per heavy atom. The number of aryl methyl sites for hydroxylation is 1. The van der Waals surface area contributed by atoms with Crippen LogP contribution in [0.15, 0.2) is 48.7 Å².